The largest absolute Gasteiger partial charge is 0.351 e. The summed E-state index contributed by atoms with van der Waals surface area (Å²) in [5.74, 6) is 6.30. The molecule has 1 aromatic rings. The van der Waals surface area contributed by atoms with Gasteiger partial charge in [0.25, 0.3) is 0 Å². The van der Waals surface area contributed by atoms with Crippen LogP contribution in [0.25, 0.3) is 0 Å². The van der Waals surface area contributed by atoms with Gasteiger partial charge in [0.05, 0.1) is 18.0 Å². The zero-order valence-electron chi connectivity index (χ0n) is 12.5. The molecule has 0 radical (unpaired) electrons. The van der Waals surface area contributed by atoms with Gasteiger partial charge in [-0.05, 0) is 25.0 Å². The fourth-order valence-corrected chi connectivity index (χ4v) is 3.54. The van der Waals surface area contributed by atoms with Crippen LogP contribution in [0.4, 0.5) is 0 Å². The van der Waals surface area contributed by atoms with Crippen molar-refractivity contribution in [2.45, 2.75) is 51.5 Å². The maximum atomic E-state index is 12.3. The maximum Gasteiger partial charge on any atom is 0.223 e. The lowest BCUT2D eigenvalue weighted by atomic mass is 9.90. The fourth-order valence-electron chi connectivity index (χ4n) is 2.72. The standard InChI is InChI=1S/C17H24N2OS/c18-12-6-9-15-10-11-16(21-15)13-19-17(20)14-7-4-2-1-3-5-8-14/h10-11,14H,1-5,7-8,12-13,18H2,(H,19,20). The predicted molar refractivity (Wildman–Crippen MR) is 87.9 cm³/mol. The summed E-state index contributed by atoms with van der Waals surface area (Å²) in [4.78, 5) is 14.4. The Bertz CT molecular complexity index is 504. The van der Waals surface area contributed by atoms with Crippen LogP contribution in [0.2, 0.25) is 0 Å². The molecule has 21 heavy (non-hydrogen) atoms. The van der Waals surface area contributed by atoms with Gasteiger partial charge in [-0.25, -0.2) is 0 Å². The first-order chi connectivity index (χ1) is 10.3. The number of amides is 1. The van der Waals surface area contributed by atoms with Crippen molar-refractivity contribution in [3.63, 3.8) is 0 Å². The first kappa shape index (κ1) is 16.1. The van der Waals surface area contributed by atoms with Crippen LogP contribution in [0.1, 0.15) is 54.7 Å². The second-order valence-corrected chi connectivity index (χ2v) is 6.70. The number of carbonyl (C=O) groups is 1. The van der Waals surface area contributed by atoms with E-state index in [1.54, 1.807) is 11.3 Å². The van der Waals surface area contributed by atoms with Crippen LogP contribution in [0.3, 0.4) is 0 Å². The third-order valence-electron chi connectivity index (χ3n) is 3.89. The number of hydrogen-bond donors (Lipinski definition) is 2. The van der Waals surface area contributed by atoms with Gasteiger partial charge in [-0.2, -0.15) is 0 Å². The summed E-state index contributed by atoms with van der Waals surface area (Å²) in [6.07, 6.45) is 8.35. The van der Waals surface area contributed by atoms with Gasteiger partial charge in [0.15, 0.2) is 0 Å². The lowest BCUT2D eigenvalue weighted by Gasteiger charge is -2.18. The molecule has 0 spiro atoms. The summed E-state index contributed by atoms with van der Waals surface area (Å²) in [5, 5.41) is 3.08. The van der Waals surface area contributed by atoms with Gasteiger partial charge in [-0.1, -0.05) is 43.9 Å². The van der Waals surface area contributed by atoms with E-state index in [-0.39, 0.29) is 11.8 Å². The molecule has 1 aliphatic rings. The number of nitrogens with two attached hydrogens (primary N) is 1. The van der Waals surface area contributed by atoms with Crippen LogP contribution in [0.15, 0.2) is 12.1 Å². The van der Waals surface area contributed by atoms with E-state index < -0.39 is 0 Å². The molecule has 0 atom stereocenters. The first-order valence-electron chi connectivity index (χ1n) is 7.85. The van der Waals surface area contributed by atoms with Crippen LogP contribution in [-0.2, 0) is 11.3 Å². The van der Waals surface area contributed by atoms with Crippen LogP contribution >= 0.6 is 11.3 Å². The predicted octanol–water partition coefficient (Wildman–Crippen LogP) is 3.04. The molecule has 1 heterocycles. The lowest BCUT2D eigenvalue weighted by Crippen LogP contribution is -2.30. The zero-order chi connectivity index (χ0) is 14.9. The van der Waals surface area contributed by atoms with Crippen molar-refractivity contribution >= 4 is 17.2 Å². The molecular weight excluding hydrogens is 280 g/mol. The summed E-state index contributed by atoms with van der Waals surface area (Å²) in [5.41, 5.74) is 5.36. The molecule has 1 saturated carbocycles. The average molecular weight is 304 g/mol. The second-order valence-electron chi connectivity index (χ2n) is 5.53. The van der Waals surface area contributed by atoms with E-state index in [1.165, 1.54) is 32.1 Å². The Morgan fingerprint density at radius 2 is 1.95 bits per heavy atom. The molecule has 0 unspecified atom stereocenters. The smallest absolute Gasteiger partial charge is 0.223 e. The maximum absolute atomic E-state index is 12.3. The number of carbonyl (C=O) groups excluding carboxylic acids is 1. The van der Waals surface area contributed by atoms with Gasteiger partial charge in [-0.15, -0.1) is 11.3 Å². The van der Waals surface area contributed by atoms with Gasteiger partial charge in [0.1, 0.15) is 0 Å². The molecule has 114 valence electrons. The minimum atomic E-state index is 0.210. The molecule has 0 saturated heterocycles. The lowest BCUT2D eigenvalue weighted by molar-refractivity contribution is -0.125. The van der Waals surface area contributed by atoms with Gasteiger partial charge in [0, 0.05) is 10.8 Å². The minimum Gasteiger partial charge on any atom is -0.351 e. The molecule has 1 aromatic heterocycles. The van der Waals surface area contributed by atoms with E-state index in [1.807, 2.05) is 12.1 Å². The zero-order valence-corrected chi connectivity index (χ0v) is 13.3. The number of hydrogen-bond acceptors (Lipinski definition) is 3. The summed E-state index contributed by atoms with van der Waals surface area (Å²) in [6.45, 7) is 0.996. The van der Waals surface area contributed by atoms with Crippen molar-refractivity contribution < 1.29 is 4.79 Å². The van der Waals surface area contributed by atoms with Crippen molar-refractivity contribution in [2.24, 2.45) is 11.7 Å². The molecule has 2 rings (SSSR count). The topological polar surface area (TPSA) is 55.1 Å². The van der Waals surface area contributed by atoms with E-state index in [0.717, 1.165) is 22.6 Å². The van der Waals surface area contributed by atoms with E-state index >= 15 is 0 Å². The molecule has 1 amide bonds. The summed E-state index contributed by atoms with van der Waals surface area (Å²) in [6, 6.07) is 4.02. The highest BCUT2D eigenvalue weighted by Gasteiger charge is 2.18. The van der Waals surface area contributed by atoms with Crippen molar-refractivity contribution in [2.75, 3.05) is 6.54 Å². The van der Waals surface area contributed by atoms with E-state index in [9.17, 15) is 4.79 Å². The van der Waals surface area contributed by atoms with Gasteiger partial charge >= 0.3 is 0 Å². The molecule has 0 bridgehead atoms. The monoisotopic (exact) mass is 304 g/mol. The van der Waals surface area contributed by atoms with Crippen molar-refractivity contribution in [3.05, 3.63) is 21.9 Å². The minimum absolute atomic E-state index is 0.210. The first-order valence-corrected chi connectivity index (χ1v) is 8.66. The van der Waals surface area contributed by atoms with Crippen molar-refractivity contribution in [1.82, 2.24) is 5.32 Å². The molecule has 3 N–H and O–H groups in total. The van der Waals surface area contributed by atoms with Crippen LogP contribution in [0.5, 0.6) is 0 Å². The molecule has 0 aromatic carbocycles. The fraction of sp³-hybridized carbons (Fsp3) is 0.588. The Morgan fingerprint density at radius 1 is 1.24 bits per heavy atom. The Kier molecular flexibility index (Phi) is 6.78. The van der Waals surface area contributed by atoms with E-state index in [4.69, 9.17) is 5.73 Å². The van der Waals surface area contributed by atoms with Crippen molar-refractivity contribution in [3.8, 4) is 11.8 Å². The van der Waals surface area contributed by atoms with Crippen LogP contribution < -0.4 is 11.1 Å². The normalized spacial score (nSPS) is 16.4. The molecule has 1 fully saturated rings. The Hall–Kier alpha value is -1.31. The summed E-state index contributed by atoms with van der Waals surface area (Å²) in [7, 11) is 0. The highest BCUT2D eigenvalue weighted by molar-refractivity contribution is 7.12. The number of rotatable bonds is 3. The Labute approximate surface area is 131 Å². The quantitative estimate of drug-likeness (QED) is 0.843. The molecule has 1 aliphatic carbocycles. The molecular formula is C17H24N2OS. The second kappa shape index (κ2) is 8.86. The highest BCUT2D eigenvalue weighted by Crippen LogP contribution is 2.22. The van der Waals surface area contributed by atoms with Gasteiger partial charge in [0.2, 0.25) is 5.91 Å². The molecule has 3 nitrogen and oxygen atoms in total. The molecule has 0 aliphatic heterocycles. The summed E-state index contributed by atoms with van der Waals surface area (Å²) < 4.78 is 0. The van der Waals surface area contributed by atoms with E-state index in [2.05, 4.69) is 17.2 Å². The summed E-state index contributed by atoms with van der Waals surface area (Å²) >= 11 is 1.63. The van der Waals surface area contributed by atoms with Gasteiger partial charge < -0.3 is 11.1 Å². The highest BCUT2D eigenvalue weighted by atomic mass is 32.1. The average Bonchev–Trinajstić information content (AvgIpc) is 2.90. The third-order valence-corrected chi connectivity index (χ3v) is 4.89. The van der Waals surface area contributed by atoms with E-state index in [0.29, 0.717) is 13.1 Å². The molecule has 4 heteroatoms. The van der Waals surface area contributed by atoms with Crippen LogP contribution in [0, 0.1) is 17.8 Å². The SMILES string of the molecule is NCC#Cc1ccc(CNC(=O)C2CCCCCCC2)s1. The van der Waals surface area contributed by atoms with Gasteiger partial charge in [-0.3, -0.25) is 4.79 Å². The third kappa shape index (κ3) is 5.53. The Balaban J connectivity index is 1.81. The van der Waals surface area contributed by atoms with Crippen LogP contribution in [-0.4, -0.2) is 12.5 Å². The number of nitrogens with one attached hydrogen (secondary N) is 1. The Morgan fingerprint density at radius 3 is 2.67 bits per heavy atom. The van der Waals surface area contributed by atoms with Crippen molar-refractivity contribution in [1.29, 1.82) is 0 Å². The number of thiophene rings is 1.